The van der Waals surface area contributed by atoms with Gasteiger partial charge >= 0.3 is 17.9 Å². The molecule has 5 rings (SSSR count). The van der Waals surface area contributed by atoms with Crippen LogP contribution < -0.4 is 10.6 Å². The number of nitrogens with one attached hydrogen (secondary N) is 2. The first-order chi connectivity index (χ1) is 26.6. The van der Waals surface area contributed by atoms with Gasteiger partial charge in [-0.15, -0.1) is 0 Å². The van der Waals surface area contributed by atoms with Crippen molar-refractivity contribution in [2.75, 3.05) is 13.1 Å². The number of aliphatic carboxylic acids is 2. The van der Waals surface area contributed by atoms with Crippen molar-refractivity contribution in [3.8, 4) is 0 Å². The third-order valence-electron chi connectivity index (χ3n) is 17.5. The average molecular weight is 797 g/mol. The van der Waals surface area contributed by atoms with Gasteiger partial charge in [0.2, 0.25) is 11.8 Å². The summed E-state index contributed by atoms with van der Waals surface area (Å²) in [6.07, 6.45) is 16.0. The van der Waals surface area contributed by atoms with Crippen LogP contribution in [-0.4, -0.2) is 59.1 Å². The molecule has 0 aromatic carbocycles. The molecule has 5 aliphatic carbocycles. The number of fused-ring (bicyclic) bond motifs is 7. The van der Waals surface area contributed by atoms with Crippen molar-refractivity contribution in [1.29, 1.82) is 0 Å². The van der Waals surface area contributed by atoms with E-state index in [0.717, 1.165) is 103 Å². The quantitative estimate of drug-likeness (QED) is 0.0645. The summed E-state index contributed by atoms with van der Waals surface area (Å²) >= 11 is 0. The lowest BCUT2D eigenvalue weighted by Gasteiger charge is -2.72. The Hall–Kier alpha value is -2.91. The second kappa shape index (κ2) is 17.0. The normalized spacial score (nSPS) is 36.7. The second-order valence-corrected chi connectivity index (χ2v) is 21.3. The van der Waals surface area contributed by atoms with Gasteiger partial charge in [0, 0.05) is 18.4 Å². The number of carbonyl (C=O) groups is 5. The zero-order valence-corrected chi connectivity index (χ0v) is 36.7. The average Bonchev–Trinajstić information content (AvgIpc) is 3.52. The van der Waals surface area contributed by atoms with Gasteiger partial charge in [0.05, 0.1) is 17.3 Å². The van der Waals surface area contributed by atoms with Crippen LogP contribution in [0.15, 0.2) is 12.2 Å². The molecule has 10 heteroatoms. The van der Waals surface area contributed by atoms with Crippen LogP contribution in [0, 0.1) is 62.1 Å². The zero-order valence-electron chi connectivity index (χ0n) is 36.7. The van der Waals surface area contributed by atoms with E-state index < -0.39 is 23.3 Å². The highest BCUT2D eigenvalue weighted by Gasteiger charge is 2.72. The minimum atomic E-state index is -1.16. The summed E-state index contributed by atoms with van der Waals surface area (Å²) in [5.41, 5.74) is -0.193. The predicted octanol–water partition coefficient (Wildman–Crippen LogP) is 9.10. The number of carboxylic acids is 2. The molecule has 0 radical (unpaired) electrons. The van der Waals surface area contributed by atoms with Crippen LogP contribution in [0.3, 0.4) is 0 Å². The minimum Gasteiger partial charge on any atom is -0.481 e. The standard InChI is InChI=1S/C47H76N2O8/c1-30(2)31-19-24-47(40(54)48-27-15-13-11-10-12-14-16-36(50)49-29-37(51)52)26-25-45(8)32(39(31)47)17-18-34-44(7)22-21-35(57-38(53)28-42(3,4)41(55)56)43(5,6)33(44)20-23-46(34,45)9/h31-35,39H,1,10-29H2,2-9H3,(H,48,54)(H,49,50)(H,51,52)(H,55,56)/t31-,32+,33-,34+,35-,39+,44-,45+,46+,47-/m0/s1. The van der Waals surface area contributed by atoms with Crippen LogP contribution in [0.25, 0.3) is 0 Å². The van der Waals surface area contributed by atoms with Crippen molar-refractivity contribution in [3.05, 3.63) is 12.2 Å². The molecule has 0 aliphatic heterocycles. The summed E-state index contributed by atoms with van der Waals surface area (Å²) in [5, 5.41) is 24.2. The van der Waals surface area contributed by atoms with Gasteiger partial charge in [-0.1, -0.05) is 72.5 Å². The van der Waals surface area contributed by atoms with Crippen LogP contribution in [0.1, 0.15) is 171 Å². The van der Waals surface area contributed by atoms with Gasteiger partial charge in [-0.05, 0) is 144 Å². The maximum absolute atomic E-state index is 14.5. The third-order valence-corrected chi connectivity index (χ3v) is 17.5. The Labute approximate surface area is 342 Å². The van der Waals surface area contributed by atoms with E-state index >= 15 is 0 Å². The van der Waals surface area contributed by atoms with Gasteiger partial charge in [-0.2, -0.15) is 0 Å². The molecule has 0 saturated heterocycles. The molecule has 4 N–H and O–H groups in total. The number of amides is 2. The van der Waals surface area contributed by atoms with Crippen molar-refractivity contribution in [1.82, 2.24) is 10.6 Å². The maximum Gasteiger partial charge on any atom is 0.322 e. The van der Waals surface area contributed by atoms with Crippen molar-refractivity contribution in [2.45, 2.75) is 177 Å². The van der Waals surface area contributed by atoms with Gasteiger partial charge in [0.1, 0.15) is 12.6 Å². The van der Waals surface area contributed by atoms with Crippen molar-refractivity contribution >= 4 is 29.7 Å². The van der Waals surface area contributed by atoms with E-state index in [1.165, 1.54) is 5.57 Å². The zero-order chi connectivity index (χ0) is 42.2. The Morgan fingerprint density at radius 3 is 2.07 bits per heavy atom. The van der Waals surface area contributed by atoms with Gasteiger partial charge in [0.15, 0.2) is 0 Å². The fourth-order valence-electron chi connectivity index (χ4n) is 14.1. The number of rotatable bonds is 17. The maximum atomic E-state index is 14.5. The van der Waals surface area contributed by atoms with E-state index in [4.69, 9.17) is 9.84 Å². The third kappa shape index (κ3) is 8.45. The summed E-state index contributed by atoms with van der Waals surface area (Å²) in [7, 11) is 0. The molecule has 0 bridgehead atoms. The highest BCUT2D eigenvalue weighted by molar-refractivity contribution is 5.84. The first-order valence-electron chi connectivity index (χ1n) is 22.4. The molecular weight excluding hydrogens is 721 g/mol. The monoisotopic (exact) mass is 797 g/mol. The van der Waals surface area contributed by atoms with Crippen LogP contribution in [0.4, 0.5) is 0 Å². The molecular formula is C47H76N2O8. The number of unbranched alkanes of at least 4 members (excludes halogenated alkanes) is 5. The van der Waals surface area contributed by atoms with E-state index in [1.807, 2.05) is 0 Å². The Morgan fingerprint density at radius 2 is 1.42 bits per heavy atom. The second-order valence-electron chi connectivity index (χ2n) is 21.3. The molecule has 0 heterocycles. The van der Waals surface area contributed by atoms with E-state index in [2.05, 4.69) is 58.8 Å². The molecule has 0 unspecified atom stereocenters. The van der Waals surface area contributed by atoms with Crippen LogP contribution >= 0.6 is 0 Å². The topological polar surface area (TPSA) is 159 Å². The molecule has 322 valence electrons. The lowest BCUT2D eigenvalue weighted by Crippen LogP contribution is -2.67. The fourth-order valence-corrected chi connectivity index (χ4v) is 14.1. The van der Waals surface area contributed by atoms with Gasteiger partial charge in [-0.25, -0.2) is 0 Å². The number of esters is 1. The van der Waals surface area contributed by atoms with Gasteiger partial charge in [0.25, 0.3) is 0 Å². The molecule has 57 heavy (non-hydrogen) atoms. The Kier molecular flexibility index (Phi) is 13.5. The molecule has 2 amide bonds. The van der Waals surface area contributed by atoms with E-state index in [0.29, 0.717) is 42.6 Å². The van der Waals surface area contributed by atoms with Crippen LogP contribution in [0.5, 0.6) is 0 Å². The summed E-state index contributed by atoms with van der Waals surface area (Å²) in [6, 6.07) is 0. The van der Waals surface area contributed by atoms with Crippen LogP contribution in [-0.2, 0) is 28.7 Å². The molecule has 5 fully saturated rings. The number of carboxylic acid groups (broad SMARTS) is 2. The first kappa shape index (κ1) is 45.2. The number of hydrogen-bond donors (Lipinski definition) is 4. The summed E-state index contributed by atoms with van der Waals surface area (Å²) < 4.78 is 6.17. The Balaban J connectivity index is 1.22. The highest BCUT2D eigenvalue weighted by Crippen LogP contribution is 2.77. The summed E-state index contributed by atoms with van der Waals surface area (Å²) in [5.74, 6) is -0.354. The largest absolute Gasteiger partial charge is 0.481 e. The first-order valence-corrected chi connectivity index (χ1v) is 22.4. The minimum absolute atomic E-state index is 0.0969. The molecule has 10 atom stereocenters. The number of hydrogen-bond acceptors (Lipinski definition) is 6. The lowest BCUT2D eigenvalue weighted by atomic mass is 9.32. The van der Waals surface area contributed by atoms with Crippen molar-refractivity contribution in [3.63, 3.8) is 0 Å². The summed E-state index contributed by atoms with van der Waals surface area (Å²) in [4.78, 5) is 61.7. The van der Waals surface area contributed by atoms with E-state index in [-0.39, 0.29) is 58.0 Å². The molecule has 0 aromatic heterocycles. The Morgan fingerprint density at radius 1 is 0.754 bits per heavy atom. The molecule has 5 aliphatic rings. The molecule has 5 saturated carbocycles. The molecule has 0 spiro atoms. The highest BCUT2D eigenvalue weighted by atomic mass is 16.5. The van der Waals surface area contributed by atoms with E-state index in [1.54, 1.807) is 13.8 Å². The molecule has 10 nitrogen and oxygen atoms in total. The Bertz CT molecular complexity index is 1550. The summed E-state index contributed by atoms with van der Waals surface area (Å²) in [6.45, 7) is 22.5. The fraction of sp³-hybridized carbons (Fsp3) is 0.851. The number of carbonyl (C=O) groups excluding carboxylic acids is 3. The smallest absolute Gasteiger partial charge is 0.322 e. The molecule has 0 aromatic rings. The van der Waals surface area contributed by atoms with Crippen LogP contribution in [0.2, 0.25) is 0 Å². The predicted molar refractivity (Wildman–Crippen MR) is 221 cm³/mol. The van der Waals surface area contributed by atoms with Gasteiger partial charge < -0.3 is 25.6 Å². The lowest BCUT2D eigenvalue weighted by molar-refractivity contribution is -0.249. The van der Waals surface area contributed by atoms with Crippen molar-refractivity contribution in [2.24, 2.45) is 62.1 Å². The van der Waals surface area contributed by atoms with Gasteiger partial charge in [-0.3, -0.25) is 24.0 Å². The number of allylic oxidation sites excluding steroid dienone is 1. The van der Waals surface area contributed by atoms with E-state index in [9.17, 15) is 29.1 Å². The van der Waals surface area contributed by atoms with Crippen molar-refractivity contribution < 1.29 is 38.9 Å². The number of ether oxygens (including phenoxy) is 1. The SMILES string of the molecule is C=C(C)[C@@H]1CC[C@]2(C(=O)NCCCCCCCCC(=O)NCC(=O)O)CC[C@]3(C)[C@H](CC[C@@H]4[C@@]5(C)CC[C@H](OC(=O)CC(C)(C)C(=O)O)C(C)(C)[C@@H]5CC[C@]43C)[C@@H]12.